The molecule has 0 saturated carbocycles. The standard InChI is InChI=1S/C11H25NO4/c1-3-15-11(16-4-2)10-12-6-5-8-14-9-7-13/h11-13H,3-10H2,1-2H3. The van der Waals surface area contributed by atoms with E-state index in [9.17, 15) is 0 Å². The van der Waals surface area contributed by atoms with E-state index in [0.29, 0.717) is 33.0 Å². The highest BCUT2D eigenvalue weighted by Gasteiger charge is 2.05. The van der Waals surface area contributed by atoms with Crippen molar-refractivity contribution in [3.05, 3.63) is 0 Å². The van der Waals surface area contributed by atoms with E-state index < -0.39 is 0 Å². The van der Waals surface area contributed by atoms with Crippen LogP contribution in [0.3, 0.4) is 0 Å². The van der Waals surface area contributed by atoms with Crippen LogP contribution in [0, 0.1) is 0 Å². The van der Waals surface area contributed by atoms with Crippen LogP contribution in [0.1, 0.15) is 20.3 Å². The van der Waals surface area contributed by atoms with Crippen LogP contribution in [0.4, 0.5) is 0 Å². The molecule has 0 bridgehead atoms. The van der Waals surface area contributed by atoms with Crippen molar-refractivity contribution in [1.29, 1.82) is 0 Å². The lowest BCUT2D eigenvalue weighted by Gasteiger charge is -2.17. The summed E-state index contributed by atoms with van der Waals surface area (Å²) >= 11 is 0. The monoisotopic (exact) mass is 235 g/mol. The number of aliphatic hydroxyl groups excluding tert-OH is 1. The summed E-state index contributed by atoms with van der Waals surface area (Å²) in [5.41, 5.74) is 0. The molecule has 98 valence electrons. The second-order valence-electron chi connectivity index (χ2n) is 3.23. The van der Waals surface area contributed by atoms with Crippen LogP contribution >= 0.6 is 0 Å². The normalized spacial score (nSPS) is 11.2. The molecule has 0 rings (SSSR count). The SMILES string of the molecule is CCOC(CNCCCOCCO)OCC. The van der Waals surface area contributed by atoms with Crippen LogP contribution in [0.5, 0.6) is 0 Å². The molecule has 0 aromatic rings. The zero-order chi connectivity index (χ0) is 12.1. The van der Waals surface area contributed by atoms with E-state index >= 15 is 0 Å². The Morgan fingerprint density at radius 3 is 2.38 bits per heavy atom. The van der Waals surface area contributed by atoms with Crippen molar-refractivity contribution in [2.75, 3.05) is 46.1 Å². The molecule has 0 aromatic heterocycles. The Hall–Kier alpha value is -0.200. The van der Waals surface area contributed by atoms with Gasteiger partial charge >= 0.3 is 0 Å². The van der Waals surface area contributed by atoms with Crippen molar-refractivity contribution < 1.29 is 19.3 Å². The smallest absolute Gasteiger partial charge is 0.169 e. The van der Waals surface area contributed by atoms with E-state index in [2.05, 4.69) is 5.32 Å². The molecule has 0 atom stereocenters. The van der Waals surface area contributed by atoms with Crippen molar-refractivity contribution in [2.45, 2.75) is 26.6 Å². The summed E-state index contributed by atoms with van der Waals surface area (Å²) in [5.74, 6) is 0. The number of ether oxygens (including phenoxy) is 3. The Morgan fingerprint density at radius 1 is 1.12 bits per heavy atom. The van der Waals surface area contributed by atoms with Gasteiger partial charge in [-0.1, -0.05) is 0 Å². The average molecular weight is 235 g/mol. The molecule has 0 aliphatic rings. The van der Waals surface area contributed by atoms with Crippen LogP contribution in [-0.4, -0.2) is 57.5 Å². The van der Waals surface area contributed by atoms with Crippen LogP contribution in [0.25, 0.3) is 0 Å². The Bertz CT molecular complexity index is 129. The largest absolute Gasteiger partial charge is 0.394 e. The minimum atomic E-state index is -0.159. The van der Waals surface area contributed by atoms with Gasteiger partial charge in [0.25, 0.3) is 0 Å². The molecular formula is C11H25NO4. The summed E-state index contributed by atoms with van der Waals surface area (Å²) in [6.07, 6.45) is 0.763. The lowest BCUT2D eigenvalue weighted by atomic mass is 10.4. The number of hydrogen-bond acceptors (Lipinski definition) is 5. The number of hydrogen-bond donors (Lipinski definition) is 2. The molecular weight excluding hydrogens is 210 g/mol. The number of nitrogens with one attached hydrogen (secondary N) is 1. The lowest BCUT2D eigenvalue weighted by molar-refractivity contribution is -0.132. The first-order valence-corrected chi connectivity index (χ1v) is 5.97. The van der Waals surface area contributed by atoms with Gasteiger partial charge in [-0.2, -0.15) is 0 Å². The van der Waals surface area contributed by atoms with E-state index in [1.54, 1.807) is 0 Å². The van der Waals surface area contributed by atoms with Gasteiger partial charge in [-0.25, -0.2) is 0 Å². The van der Waals surface area contributed by atoms with Crippen molar-refractivity contribution in [3.63, 3.8) is 0 Å². The second kappa shape index (κ2) is 12.9. The molecule has 0 fully saturated rings. The zero-order valence-corrected chi connectivity index (χ0v) is 10.4. The van der Waals surface area contributed by atoms with E-state index in [4.69, 9.17) is 19.3 Å². The van der Waals surface area contributed by atoms with E-state index in [0.717, 1.165) is 13.0 Å². The molecule has 5 nitrogen and oxygen atoms in total. The summed E-state index contributed by atoms with van der Waals surface area (Å²) in [6, 6.07) is 0. The summed E-state index contributed by atoms with van der Waals surface area (Å²) in [4.78, 5) is 0. The maximum absolute atomic E-state index is 8.49. The molecule has 0 unspecified atom stereocenters. The van der Waals surface area contributed by atoms with Gasteiger partial charge in [0, 0.05) is 26.4 Å². The Kier molecular flexibility index (Phi) is 12.7. The van der Waals surface area contributed by atoms with Gasteiger partial charge in [0.05, 0.1) is 13.2 Å². The molecule has 0 amide bonds. The third-order valence-electron chi connectivity index (χ3n) is 1.89. The second-order valence-corrected chi connectivity index (χ2v) is 3.23. The maximum atomic E-state index is 8.49. The summed E-state index contributed by atoms with van der Waals surface area (Å²) < 4.78 is 15.9. The highest BCUT2D eigenvalue weighted by molar-refractivity contribution is 4.52. The fourth-order valence-corrected chi connectivity index (χ4v) is 1.22. The van der Waals surface area contributed by atoms with E-state index in [-0.39, 0.29) is 12.9 Å². The average Bonchev–Trinajstić information content (AvgIpc) is 2.28. The topological polar surface area (TPSA) is 60.0 Å². The summed E-state index contributed by atoms with van der Waals surface area (Å²) in [7, 11) is 0. The van der Waals surface area contributed by atoms with Crippen molar-refractivity contribution in [3.8, 4) is 0 Å². The van der Waals surface area contributed by atoms with Crippen LogP contribution in [-0.2, 0) is 14.2 Å². The fraction of sp³-hybridized carbons (Fsp3) is 1.00. The Morgan fingerprint density at radius 2 is 1.81 bits per heavy atom. The van der Waals surface area contributed by atoms with Gasteiger partial charge < -0.3 is 24.6 Å². The van der Waals surface area contributed by atoms with Gasteiger partial charge in [0.15, 0.2) is 6.29 Å². The van der Waals surface area contributed by atoms with Crippen LogP contribution in [0.15, 0.2) is 0 Å². The van der Waals surface area contributed by atoms with Gasteiger partial charge in [0.2, 0.25) is 0 Å². The third-order valence-corrected chi connectivity index (χ3v) is 1.89. The highest BCUT2D eigenvalue weighted by atomic mass is 16.7. The first-order chi connectivity index (χ1) is 7.85. The minimum absolute atomic E-state index is 0.0875. The van der Waals surface area contributed by atoms with Gasteiger partial charge in [0.1, 0.15) is 0 Å². The predicted molar refractivity (Wildman–Crippen MR) is 62.4 cm³/mol. The van der Waals surface area contributed by atoms with Gasteiger partial charge in [-0.15, -0.1) is 0 Å². The third kappa shape index (κ3) is 10.3. The van der Waals surface area contributed by atoms with Crippen molar-refractivity contribution >= 4 is 0 Å². The number of rotatable bonds is 12. The van der Waals surface area contributed by atoms with Gasteiger partial charge in [-0.05, 0) is 26.8 Å². The molecule has 16 heavy (non-hydrogen) atoms. The fourth-order valence-electron chi connectivity index (χ4n) is 1.22. The van der Waals surface area contributed by atoms with Crippen LogP contribution in [0.2, 0.25) is 0 Å². The zero-order valence-electron chi connectivity index (χ0n) is 10.4. The first-order valence-electron chi connectivity index (χ1n) is 5.97. The quantitative estimate of drug-likeness (QED) is 0.378. The molecule has 0 aromatic carbocycles. The lowest BCUT2D eigenvalue weighted by Crippen LogP contribution is -2.32. The molecule has 0 radical (unpaired) electrons. The summed E-state index contributed by atoms with van der Waals surface area (Å²) in [6.45, 7) is 7.96. The van der Waals surface area contributed by atoms with E-state index in [1.807, 2.05) is 13.8 Å². The Balaban J connectivity index is 3.25. The molecule has 5 heteroatoms. The van der Waals surface area contributed by atoms with Gasteiger partial charge in [-0.3, -0.25) is 0 Å². The highest BCUT2D eigenvalue weighted by Crippen LogP contribution is 1.93. The predicted octanol–water partition coefficient (Wildman–Crippen LogP) is 0.374. The molecule has 0 aliphatic carbocycles. The Labute approximate surface area is 98.1 Å². The molecule has 2 N–H and O–H groups in total. The van der Waals surface area contributed by atoms with Crippen LogP contribution < -0.4 is 5.32 Å². The number of aliphatic hydroxyl groups is 1. The molecule has 0 saturated heterocycles. The molecule has 0 heterocycles. The van der Waals surface area contributed by atoms with Crippen molar-refractivity contribution in [1.82, 2.24) is 5.32 Å². The molecule has 0 spiro atoms. The van der Waals surface area contributed by atoms with E-state index in [1.165, 1.54) is 0 Å². The maximum Gasteiger partial charge on any atom is 0.169 e. The minimum Gasteiger partial charge on any atom is -0.394 e. The summed E-state index contributed by atoms with van der Waals surface area (Å²) in [5, 5.41) is 11.7. The first kappa shape index (κ1) is 15.8. The molecule has 0 aliphatic heterocycles. The van der Waals surface area contributed by atoms with Crippen molar-refractivity contribution in [2.24, 2.45) is 0 Å².